The molecule has 198 valence electrons. The van der Waals surface area contributed by atoms with Gasteiger partial charge in [-0.05, 0) is 52.3 Å². The van der Waals surface area contributed by atoms with Crippen molar-refractivity contribution in [3.8, 4) is 5.75 Å². The smallest absolute Gasteiger partial charge is 0.243 e. The molecular formula is C29H37N3O4S. The zero-order chi connectivity index (χ0) is 27.1. The van der Waals surface area contributed by atoms with E-state index in [1.807, 2.05) is 60.7 Å². The van der Waals surface area contributed by atoms with Gasteiger partial charge in [0, 0.05) is 19.6 Å². The van der Waals surface area contributed by atoms with Gasteiger partial charge in [0.1, 0.15) is 5.75 Å². The van der Waals surface area contributed by atoms with Crippen LogP contribution in [0.2, 0.25) is 0 Å². The van der Waals surface area contributed by atoms with Gasteiger partial charge in [0.2, 0.25) is 15.9 Å². The van der Waals surface area contributed by atoms with Crippen LogP contribution in [-0.4, -0.2) is 38.8 Å². The second-order valence-corrected chi connectivity index (χ2v) is 11.9. The topological polar surface area (TPSA) is 102 Å². The molecule has 0 saturated heterocycles. The summed E-state index contributed by atoms with van der Waals surface area (Å²) < 4.78 is 34.0. The van der Waals surface area contributed by atoms with Crippen molar-refractivity contribution in [2.24, 2.45) is 5.73 Å². The van der Waals surface area contributed by atoms with E-state index >= 15 is 0 Å². The molecule has 0 atom stereocenters. The fraction of sp³-hybridized carbons (Fsp3) is 0.345. The summed E-state index contributed by atoms with van der Waals surface area (Å²) in [5.74, 6) is 0.303. The maximum Gasteiger partial charge on any atom is 0.243 e. The maximum atomic E-state index is 13.7. The van der Waals surface area contributed by atoms with E-state index in [-0.39, 0.29) is 29.3 Å². The van der Waals surface area contributed by atoms with Crippen LogP contribution in [0.1, 0.15) is 43.0 Å². The number of rotatable bonds is 11. The summed E-state index contributed by atoms with van der Waals surface area (Å²) in [7, 11) is -2.34. The molecule has 0 heterocycles. The number of ether oxygens (including phenoxy) is 1. The second-order valence-electron chi connectivity index (χ2n) is 9.97. The number of carbonyl (C=O) groups excluding carboxylic acids is 1. The summed E-state index contributed by atoms with van der Waals surface area (Å²) in [4.78, 5) is 13.0. The molecule has 0 aromatic heterocycles. The van der Waals surface area contributed by atoms with E-state index in [1.54, 1.807) is 19.2 Å². The Kier molecular flexibility index (Phi) is 9.48. The molecule has 37 heavy (non-hydrogen) atoms. The molecular weight excluding hydrogens is 486 g/mol. The molecule has 0 fully saturated rings. The van der Waals surface area contributed by atoms with Gasteiger partial charge in [-0.25, -0.2) is 8.42 Å². The second kappa shape index (κ2) is 12.4. The van der Waals surface area contributed by atoms with Crippen LogP contribution in [0.15, 0.2) is 77.7 Å². The Morgan fingerprint density at radius 1 is 0.946 bits per heavy atom. The Morgan fingerprint density at radius 3 is 2.16 bits per heavy atom. The van der Waals surface area contributed by atoms with Crippen LogP contribution in [0.5, 0.6) is 5.75 Å². The number of carbonyl (C=O) groups is 1. The van der Waals surface area contributed by atoms with Crippen LogP contribution in [0.3, 0.4) is 0 Å². The fourth-order valence-corrected chi connectivity index (χ4v) is 5.32. The van der Waals surface area contributed by atoms with E-state index in [0.717, 1.165) is 22.3 Å². The number of nitrogens with one attached hydrogen (secondary N) is 1. The van der Waals surface area contributed by atoms with Crippen molar-refractivity contribution in [3.05, 3.63) is 95.1 Å². The highest BCUT2D eigenvalue weighted by molar-refractivity contribution is 7.89. The van der Waals surface area contributed by atoms with Crippen LogP contribution in [-0.2, 0) is 39.7 Å². The lowest BCUT2D eigenvalue weighted by atomic mass is 9.87. The molecule has 3 N–H and O–H groups in total. The number of hydrogen-bond donors (Lipinski definition) is 2. The predicted molar refractivity (Wildman–Crippen MR) is 147 cm³/mol. The third-order valence-corrected chi connectivity index (χ3v) is 8.11. The molecule has 0 aliphatic carbocycles. The van der Waals surface area contributed by atoms with E-state index in [2.05, 4.69) is 26.1 Å². The molecule has 8 heteroatoms. The van der Waals surface area contributed by atoms with Gasteiger partial charge in [0.05, 0.1) is 18.6 Å². The first-order valence-electron chi connectivity index (χ1n) is 12.3. The maximum absolute atomic E-state index is 13.7. The summed E-state index contributed by atoms with van der Waals surface area (Å²) in [5.41, 5.74) is 9.35. The van der Waals surface area contributed by atoms with E-state index in [9.17, 15) is 13.2 Å². The Bertz CT molecular complexity index is 1280. The van der Waals surface area contributed by atoms with Gasteiger partial charge >= 0.3 is 0 Å². The molecule has 0 unspecified atom stereocenters. The van der Waals surface area contributed by atoms with Crippen LogP contribution >= 0.6 is 0 Å². The molecule has 0 aliphatic rings. The molecule has 3 aromatic rings. The Morgan fingerprint density at radius 2 is 1.57 bits per heavy atom. The summed E-state index contributed by atoms with van der Waals surface area (Å²) in [6.45, 7) is 6.80. The number of hydrogen-bond acceptors (Lipinski definition) is 5. The van der Waals surface area contributed by atoms with Crippen molar-refractivity contribution in [2.75, 3.05) is 20.2 Å². The van der Waals surface area contributed by atoms with E-state index < -0.39 is 10.0 Å². The molecule has 0 saturated carbocycles. The van der Waals surface area contributed by atoms with Crippen LogP contribution < -0.4 is 15.8 Å². The highest BCUT2D eigenvalue weighted by Gasteiger charge is 2.27. The highest BCUT2D eigenvalue weighted by atomic mass is 32.2. The average molecular weight is 524 g/mol. The highest BCUT2D eigenvalue weighted by Crippen LogP contribution is 2.25. The standard InChI is InChI=1S/C29H37N3O4S/c1-29(2,3)25-13-15-26(16-14-25)37(34,35)32(18-17-24-7-5-6-8-27(24)36-4)21-28(33)31-20-23-11-9-22(19-30)10-12-23/h5-16H,17-21,30H2,1-4H3,(H,31,33). The minimum Gasteiger partial charge on any atom is -0.496 e. The van der Waals surface area contributed by atoms with Crippen molar-refractivity contribution in [1.82, 2.24) is 9.62 Å². The predicted octanol–water partition coefficient (Wildman–Crippen LogP) is 4.00. The lowest BCUT2D eigenvalue weighted by Gasteiger charge is -2.23. The summed E-state index contributed by atoms with van der Waals surface area (Å²) in [5, 5.41) is 2.84. The van der Waals surface area contributed by atoms with Crippen molar-refractivity contribution < 1.29 is 17.9 Å². The van der Waals surface area contributed by atoms with Crippen molar-refractivity contribution >= 4 is 15.9 Å². The van der Waals surface area contributed by atoms with E-state index in [0.29, 0.717) is 25.3 Å². The van der Waals surface area contributed by atoms with Gasteiger partial charge in [-0.1, -0.05) is 75.4 Å². The first-order chi connectivity index (χ1) is 17.5. The third kappa shape index (κ3) is 7.64. The molecule has 3 aromatic carbocycles. The quantitative estimate of drug-likeness (QED) is 0.396. The molecule has 0 bridgehead atoms. The minimum atomic E-state index is -3.92. The number of benzene rings is 3. The van der Waals surface area contributed by atoms with Gasteiger partial charge in [0.15, 0.2) is 0 Å². The SMILES string of the molecule is COc1ccccc1CCN(CC(=O)NCc1ccc(CN)cc1)S(=O)(=O)c1ccc(C(C)(C)C)cc1. The molecule has 0 aliphatic heterocycles. The largest absolute Gasteiger partial charge is 0.496 e. The summed E-state index contributed by atoms with van der Waals surface area (Å²) in [6, 6.07) is 22.0. The lowest BCUT2D eigenvalue weighted by molar-refractivity contribution is -0.121. The number of nitrogens with zero attached hydrogens (tertiary/aromatic N) is 1. The molecule has 1 amide bonds. The van der Waals surface area contributed by atoms with Gasteiger partial charge in [-0.3, -0.25) is 4.79 Å². The van der Waals surface area contributed by atoms with Gasteiger partial charge in [0.25, 0.3) is 0 Å². The number of para-hydroxylation sites is 1. The summed E-state index contributed by atoms with van der Waals surface area (Å²) >= 11 is 0. The van der Waals surface area contributed by atoms with Crippen LogP contribution in [0.25, 0.3) is 0 Å². The third-order valence-electron chi connectivity index (χ3n) is 6.25. The Hall–Kier alpha value is -3.20. The van der Waals surface area contributed by atoms with E-state index in [1.165, 1.54) is 4.31 Å². The first-order valence-corrected chi connectivity index (χ1v) is 13.8. The average Bonchev–Trinajstić information content (AvgIpc) is 2.89. The molecule has 0 spiro atoms. The zero-order valence-corrected chi connectivity index (χ0v) is 22.8. The molecule has 0 radical (unpaired) electrons. The Balaban J connectivity index is 1.80. The molecule has 3 rings (SSSR count). The lowest BCUT2D eigenvalue weighted by Crippen LogP contribution is -2.41. The van der Waals surface area contributed by atoms with Gasteiger partial charge in [-0.2, -0.15) is 4.31 Å². The van der Waals surface area contributed by atoms with Crippen molar-refractivity contribution in [2.45, 2.75) is 50.6 Å². The number of sulfonamides is 1. The van der Waals surface area contributed by atoms with Gasteiger partial charge in [-0.15, -0.1) is 0 Å². The van der Waals surface area contributed by atoms with E-state index in [4.69, 9.17) is 10.5 Å². The van der Waals surface area contributed by atoms with Crippen molar-refractivity contribution in [3.63, 3.8) is 0 Å². The van der Waals surface area contributed by atoms with Crippen molar-refractivity contribution in [1.29, 1.82) is 0 Å². The molecule has 7 nitrogen and oxygen atoms in total. The van der Waals surface area contributed by atoms with Crippen LogP contribution in [0, 0.1) is 0 Å². The fourth-order valence-electron chi connectivity index (χ4n) is 3.92. The number of methoxy groups -OCH3 is 1. The minimum absolute atomic E-state index is 0.103. The number of nitrogens with two attached hydrogens (primary N) is 1. The summed E-state index contributed by atoms with van der Waals surface area (Å²) in [6.07, 6.45) is 0.400. The monoisotopic (exact) mass is 523 g/mol. The van der Waals surface area contributed by atoms with Crippen LogP contribution in [0.4, 0.5) is 0 Å². The zero-order valence-electron chi connectivity index (χ0n) is 22.0. The van der Waals surface area contributed by atoms with Gasteiger partial charge < -0.3 is 15.8 Å². The first kappa shape index (κ1) is 28.4. The number of amides is 1. The Labute approximate surface area is 220 Å². The normalized spacial score (nSPS) is 11.9.